The molecule has 0 saturated carbocycles. The number of hydrogen-bond acceptors (Lipinski definition) is 8. The molecule has 0 bridgehead atoms. The van der Waals surface area contributed by atoms with E-state index >= 15 is 0 Å². The van der Waals surface area contributed by atoms with Crippen LogP contribution in [0.25, 0.3) is 27.6 Å². The highest BCUT2D eigenvalue weighted by atomic mass is 32.2. The van der Waals surface area contributed by atoms with E-state index in [0.29, 0.717) is 18.1 Å². The van der Waals surface area contributed by atoms with E-state index in [1.807, 2.05) is 24.5 Å². The Labute approximate surface area is 164 Å². The van der Waals surface area contributed by atoms with Gasteiger partial charge in [-0.05, 0) is 44.3 Å². The van der Waals surface area contributed by atoms with Crippen LogP contribution in [0.1, 0.15) is 12.8 Å². The molecule has 0 amide bonds. The summed E-state index contributed by atoms with van der Waals surface area (Å²) >= 11 is 3.15. The number of fused-ring (bicyclic) bond motifs is 2. The van der Waals surface area contributed by atoms with Crippen LogP contribution in [0.5, 0.6) is 5.75 Å². The number of hydrogen-bond donors (Lipinski definition) is 0. The molecule has 1 fully saturated rings. The first-order valence-corrected chi connectivity index (χ1v) is 11.0. The van der Waals surface area contributed by atoms with E-state index in [0.717, 1.165) is 32.8 Å². The van der Waals surface area contributed by atoms with Crippen LogP contribution in [0.2, 0.25) is 0 Å². The van der Waals surface area contributed by atoms with Gasteiger partial charge in [0, 0.05) is 12.6 Å². The average Bonchev–Trinajstić information content (AvgIpc) is 3.44. The molecule has 140 valence electrons. The Kier molecular flexibility index (Phi) is 4.50. The van der Waals surface area contributed by atoms with E-state index in [1.165, 1.54) is 25.9 Å². The van der Waals surface area contributed by atoms with Gasteiger partial charge in [0.05, 0.1) is 6.20 Å². The molecule has 3 aromatic heterocycles. The van der Waals surface area contributed by atoms with E-state index < -0.39 is 0 Å². The average molecular weight is 402 g/mol. The van der Waals surface area contributed by atoms with Crippen molar-refractivity contribution in [2.75, 3.05) is 32.5 Å². The van der Waals surface area contributed by atoms with E-state index in [-0.39, 0.29) is 0 Å². The Hall–Kier alpha value is -2.10. The highest BCUT2D eigenvalue weighted by molar-refractivity contribution is 8.00. The molecule has 7 nitrogen and oxygen atoms in total. The minimum Gasteiger partial charge on any atom is -0.492 e. The highest BCUT2D eigenvalue weighted by Gasteiger charge is 2.17. The van der Waals surface area contributed by atoms with Crippen molar-refractivity contribution >= 4 is 39.2 Å². The Balaban J connectivity index is 1.37. The minimum atomic E-state index is 0.518. The molecule has 4 aromatic rings. The number of benzene rings is 1. The number of ether oxygens (including phenoxy) is 1. The molecule has 0 radical (unpaired) electrons. The van der Waals surface area contributed by atoms with Crippen LogP contribution < -0.4 is 4.74 Å². The lowest BCUT2D eigenvalue weighted by molar-refractivity contribution is 0.238. The van der Waals surface area contributed by atoms with Gasteiger partial charge in [0.2, 0.25) is 10.9 Å². The summed E-state index contributed by atoms with van der Waals surface area (Å²) in [6, 6.07) is 5.78. The van der Waals surface area contributed by atoms with Gasteiger partial charge in [-0.2, -0.15) is 4.52 Å². The topological polar surface area (TPSA) is 68.7 Å². The number of nitrogens with zero attached hydrogens (tertiary/aromatic N) is 5. The van der Waals surface area contributed by atoms with E-state index in [4.69, 9.17) is 9.15 Å². The van der Waals surface area contributed by atoms with Crippen molar-refractivity contribution < 1.29 is 9.15 Å². The normalized spacial score (nSPS) is 15.3. The third kappa shape index (κ3) is 3.30. The van der Waals surface area contributed by atoms with Gasteiger partial charge in [-0.1, -0.05) is 23.1 Å². The maximum atomic E-state index is 5.98. The molecular weight excluding hydrogens is 382 g/mol. The van der Waals surface area contributed by atoms with Crippen molar-refractivity contribution in [2.45, 2.75) is 17.2 Å². The van der Waals surface area contributed by atoms with Crippen molar-refractivity contribution in [1.82, 2.24) is 24.5 Å². The summed E-state index contributed by atoms with van der Waals surface area (Å²) < 4.78 is 14.6. The molecule has 1 aromatic carbocycles. The van der Waals surface area contributed by atoms with Crippen LogP contribution in [-0.2, 0) is 0 Å². The third-order valence-electron chi connectivity index (χ3n) is 4.70. The number of imidazole rings is 1. The number of thioether (sulfide) groups is 1. The largest absolute Gasteiger partial charge is 0.492 e. The maximum Gasteiger partial charge on any atom is 0.248 e. The molecule has 0 unspecified atom stereocenters. The summed E-state index contributed by atoms with van der Waals surface area (Å²) in [5, 5.41) is 4.54. The minimum absolute atomic E-state index is 0.518. The third-order valence-corrected chi connectivity index (χ3v) is 6.59. The monoisotopic (exact) mass is 401 g/mol. The standard InChI is InChI=1S/C18H19N5O2S2/c1-26-18-21-23-14(11-19-17(23)27-18)16-20-13-5-4-12(10-15(13)25-16)24-9-8-22-6-2-3-7-22/h4-5,10-11H,2-3,6-9H2,1H3. The molecule has 1 aliphatic heterocycles. The molecule has 5 rings (SSSR count). The van der Waals surface area contributed by atoms with E-state index in [9.17, 15) is 0 Å². The summed E-state index contributed by atoms with van der Waals surface area (Å²) in [6.45, 7) is 4.02. The second-order valence-electron chi connectivity index (χ2n) is 6.46. The van der Waals surface area contributed by atoms with Crippen LogP contribution in [0.4, 0.5) is 0 Å². The Morgan fingerprint density at radius 3 is 3.04 bits per heavy atom. The Morgan fingerprint density at radius 2 is 2.19 bits per heavy atom. The molecule has 4 heterocycles. The molecular formula is C18H19N5O2S2. The van der Waals surface area contributed by atoms with Gasteiger partial charge < -0.3 is 9.15 Å². The molecule has 1 aliphatic rings. The highest BCUT2D eigenvalue weighted by Crippen LogP contribution is 2.30. The van der Waals surface area contributed by atoms with Crippen molar-refractivity contribution in [3.63, 3.8) is 0 Å². The van der Waals surface area contributed by atoms with Crippen LogP contribution in [0.15, 0.2) is 33.2 Å². The zero-order chi connectivity index (χ0) is 18.2. The molecule has 1 saturated heterocycles. The lowest BCUT2D eigenvalue weighted by Crippen LogP contribution is -2.25. The fraction of sp³-hybridized carbons (Fsp3) is 0.389. The predicted molar refractivity (Wildman–Crippen MR) is 107 cm³/mol. The molecule has 0 N–H and O–H groups in total. The Bertz CT molecular complexity index is 1080. The van der Waals surface area contributed by atoms with E-state index in [2.05, 4.69) is 20.0 Å². The van der Waals surface area contributed by atoms with Gasteiger partial charge >= 0.3 is 0 Å². The lowest BCUT2D eigenvalue weighted by atomic mass is 10.3. The van der Waals surface area contributed by atoms with Gasteiger partial charge in [0.25, 0.3) is 0 Å². The second kappa shape index (κ2) is 7.14. The number of rotatable bonds is 6. The second-order valence-corrected chi connectivity index (χ2v) is 8.47. The number of likely N-dealkylation sites (tertiary alicyclic amines) is 1. The summed E-state index contributed by atoms with van der Waals surface area (Å²) in [7, 11) is 0. The fourth-order valence-corrected chi connectivity index (χ4v) is 4.64. The summed E-state index contributed by atoms with van der Waals surface area (Å²) in [5.41, 5.74) is 2.26. The lowest BCUT2D eigenvalue weighted by Gasteiger charge is -2.14. The Morgan fingerprint density at radius 1 is 1.30 bits per heavy atom. The van der Waals surface area contributed by atoms with Crippen LogP contribution >= 0.6 is 23.1 Å². The van der Waals surface area contributed by atoms with Gasteiger partial charge in [0.15, 0.2) is 9.92 Å². The van der Waals surface area contributed by atoms with Crippen molar-refractivity contribution in [2.24, 2.45) is 0 Å². The summed E-state index contributed by atoms with van der Waals surface area (Å²) in [4.78, 5) is 12.3. The zero-order valence-corrected chi connectivity index (χ0v) is 16.6. The van der Waals surface area contributed by atoms with Gasteiger partial charge in [-0.15, -0.1) is 5.10 Å². The first kappa shape index (κ1) is 17.0. The molecule has 0 aliphatic carbocycles. The predicted octanol–water partition coefficient (Wildman–Crippen LogP) is 3.80. The number of aromatic nitrogens is 4. The SMILES string of the molecule is CSc1nn2c(-c3nc4ccc(OCCN5CCCC5)cc4o3)cnc2s1. The van der Waals surface area contributed by atoms with Gasteiger partial charge in [-0.25, -0.2) is 9.97 Å². The van der Waals surface area contributed by atoms with Crippen molar-refractivity contribution in [1.29, 1.82) is 0 Å². The number of oxazole rings is 1. The van der Waals surface area contributed by atoms with E-state index in [1.54, 1.807) is 33.8 Å². The zero-order valence-electron chi connectivity index (χ0n) is 14.9. The van der Waals surface area contributed by atoms with Crippen molar-refractivity contribution in [3.8, 4) is 17.3 Å². The first-order valence-electron chi connectivity index (χ1n) is 8.95. The van der Waals surface area contributed by atoms with Crippen LogP contribution in [-0.4, -0.2) is 57.0 Å². The maximum absolute atomic E-state index is 5.98. The summed E-state index contributed by atoms with van der Waals surface area (Å²) in [6.07, 6.45) is 6.35. The summed E-state index contributed by atoms with van der Waals surface area (Å²) in [5.74, 6) is 1.32. The molecule has 9 heteroatoms. The van der Waals surface area contributed by atoms with Crippen LogP contribution in [0.3, 0.4) is 0 Å². The van der Waals surface area contributed by atoms with Crippen molar-refractivity contribution in [3.05, 3.63) is 24.4 Å². The molecule has 0 atom stereocenters. The smallest absolute Gasteiger partial charge is 0.248 e. The first-order chi connectivity index (χ1) is 13.3. The molecule has 27 heavy (non-hydrogen) atoms. The molecule has 0 spiro atoms. The van der Waals surface area contributed by atoms with Gasteiger partial charge in [-0.3, -0.25) is 4.90 Å². The van der Waals surface area contributed by atoms with Crippen LogP contribution in [0, 0.1) is 0 Å². The quantitative estimate of drug-likeness (QED) is 0.455. The van der Waals surface area contributed by atoms with Gasteiger partial charge in [0.1, 0.15) is 23.6 Å². The fourth-order valence-electron chi connectivity index (χ4n) is 3.31.